The highest BCUT2D eigenvalue weighted by Crippen LogP contribution is 2.10. The van der Waals surface area contributed by atoms with Gasteiger partial charge < -0.3 is 0 Å². The van der Waals surface area contributed by atoms with Crippen molar-refractivity contribution >= 4 is 0 Å². The van der Waals surface area contributed by atoms with Crippen LogP contribution in [0.25, 0.3) is 0 Å². The Kier molecular flexibility index (Phi) is 2.57. The summed E-state index contributed by atoms with van der Waals surface area (Å²) in [5, 5.41) is 10.9. The molecule has 62 valence electrons. The number of hydrogen-bond acceptors (Lipinski definition) is 3. The van der Waals surface area contributed by atoms with E-state index in [0.29, 0.717) is 11.8 Å². The fraction of sp³-hybridized carbons (Fsp3) is 0.857. The van der Waals surface area contributed by atoms with Gasteiger partial charge in [0.15, 0.2) is 0 Å². The number of tetrazole rings is 1. The van der Waals surface area contributed by atoms with E-state index in [9.17, 15) is 0 Å². The number of hydrogen-bond donors (Lipinski definition) is 0. The largest absolute Gasteiger partial charge is 0.232 e. The standard InChI is InChI=1S/C7H14N4/c1-6(2)7(3)4-11-5-8-9-10-11/h5-7H,4H2,1-3H3. The minimum Gasteiger partial charge on any atom is -0.232 e. The molecule has 1 heterocycles. The maximum atomic E-state index is 3.79. The summed E-state index contributed by atoms with van der Waals surface area (Å²) in [4.78, 5) is 0. The molecule has 11 heavy (non-hydrogen) atoms. The molecule has 0 aromatic carbocycles. The van der Waals surface area contributed by atoms with Gasteiger partial charge in [-0.2, -0.15) is 0 Å². The molecular weight excluding hydrogens is 140 g/mol. The maximum Gasteiger partial charge on any atom is 0.138 e. The van der Waals surface area contributed by atoms with Crippen molar-refractivity contribution in [2.75, 3.05) is 0 Å². The molecule has 0 bridgehead atoms. The third-order valence-corrected chi connectivity index (χ3v) is 2.00. The summed E-state index contributed by atoms with van der Waals surface area (Å²) in [5.74, 6) is 1.30. The Hall–Kier alpha value is -0.930. The average Bonchev–Trinajstić information content (AvgIpc) is 2.39. The molecule has 0 aliphatic heterocycles. The summed E-state index contributed by atoms with van der Waals surface area (Å²) in [6.07, 6.45) is 1.65. The molecule has 1 unspecified atom stereocenters. The first-order chi connectivity index (χ1) is 5.20. The molecule has 0 saturated heterocycles. The fourth-order valence-corrected chi connectivity index (χ4v) is 0.770. The van der Waals surface area contributed by atoms with Crippen LogP contribution in [0, 0.1) is 11.8 Å². The van der Waals surface area contributed by atoms with Gasteiger partial charge in [-0.3, -0.25) is 0 Å². The van der Waals surface area contributed by atoms with E-state index in [1.807, 2.05) is 0 Å². The van der Waals surface area contributed by atoms with Crippen molar-refractivity contribution in [2.24, 2.45) is 11.8 Å². The summed E-state index contributed by atoms with van der Waals surface area (Å²) in [6, 6.07) is 0. The normalized spacial score (nSPS) is 13.8. The zero-order valence-electron chi connectivity index (χ0n) is 7.23. The van der Waals surface area contributed by atoms with E-state index in [1.165, 1.54) is 0 Å². The zero-order chi connectivity index (χ0) is 8.27. The van der Waals surface area contributed by atoms with Crippen molar-refractivity contribution in [3.63, 3.8) is 0 Å². The SMILES string of the molecule is CC(C)C(C)Cn1cnnn1. The summed E-state index contributed by atoms with van der Waals surface area (Å²) in [5.41, 5.74) is 0. The number of aromatic nitrogens is 4. The lowest BCUT2D eigenvalue weighted by molar-refractivity contribution is 0.345. The van der Waals surface area contributed by atoms with Crippen LogP contribution in [0.4, 0.5) is 0 Å². The average molecular weight is 154 g/mol. The van der Waals surface area contributed by atoms with E-state index in [0.717, 1.165) is 6.54 Å². The van der Waals surface area contributed by atoms with Crippen LogP contribution in [0.3, 0.4) is 0 Å². The highest BCUT2D eigenvalue weighted by Gasteiger charge is 2.07. The summed E-state index contributed by atoms with van der Waals surface area (Å²) >= 11 is 0. The van der Waals surface area contributed by atoms with E-state index in [1.54, 1.807) is 11.0 Å². The van der Waals surface area contributed by atoms with Crippen molar-refractivity contribution in [3.8, 4) is 0 Å². The molecular formula is C7H14N4. The Morgan fingerprint density at radius 3 is 2.55 bits per heavy atom. The molecule has 0 aliphatic rings. The minimum absolute atomic E-state index is 0.624. The van der Waals surface area contributed by atoms with Crippen LogP contribution in [0.2, 0.25) is 0 Å². The first-order valence-corrected chi connectivity index (χ1v) is 3.91. The maximum absolute atomic E-state index is 3.79. The van der Waals surface area contributed by atoms with Gasteiger partial charge in [0.2, 0.25) is 0 Å². The van der Waals surface area contributed by atoms with Gasteiger partial charge in [0.05, 0.1) is 0 Å². The third-order valence-electron chi connectivity index (χ3n) is 2.00. The van der Waals surface area contributed by atoms with Gasteiger partial charge in [-0.25, -0.2) is 4.68 Å². The van der Waals surface area contributed by atoms with E-state index in [-0.39, 0.29) is 0 Å². The molecule has 0 saturated carbocycles. The first-order valence-electron chi connectivity index (χ1n) is 3.91. The second kappa shape index (κ2) is 3.46. The molecule has 0 fully saturated rings. The van der Waals surface area contributed by atoms with Crippen LogP contribution in [0.5, 0.6) is 0 Å². The lowest BCUT2D eigenvalue weighted by atomic mass is 9.98. The fourth-order valence-electron chi connectivity index (χ4n) is 0.770. The molecule has 0 amide bonds. The van der Waals surface area contributed by atoms with Gasteiger partial charge in [0.1, 0.15) is 6.33 Å². The lowest BCUT2D eigenvalue weighted by Crippen LogP contribution is -2.13. The van der Waals surface area contributed by atoms with Crippen molar-refractivity contribution in [2.45, 2.75) is 27.3 Å². The van der Waals surface area contributed by atoms with Gasteiger partial charge in [0.25, 0.3) is 0 Å². The van der Waals surface area contributed by atoms with Gasteiger partial charge in [-0.15, -0.1) is 5.10 Å². The monoisotopic (exact) mass is 154 g/mol. The molecule has 1 rings (SSSR count). The molecule has 1 aromatic rings. The molecule has 0 spiro atoms. The summed E-state index contributed by atoms with van der Waals surface area (Å²) in [7, 11) is 0. The van der Waals surface area contributed by atoms with Crippen molar-refractivity contribution in [3.05, 3.63) is 6.33 Å². The van der Waals surface area contributed by atoms with Gasteiger partial charge in [-0.1, -0.05) is 20.8 Å². The number of nitrogens with zero attached hydrogens (tertiary/aromatic N) is 4. The Balaban J connectivity index is 2.43. The molecule has 4 nitrogen and oxygen atoms in total. The quantitative estimate of drug-likeness (QED) is 0.651. The first kappa shape index (κ1) is 8.17. The zero-order valence-corrected chi connectivity index (χ0v) is 7.23. The van der Waals surface area contributed by atoms with Gasteiger partial charge in [0, 0.05) is 6.54 Å². The van der Waals surface area contributed by atoms with Crippen LogP contribution >= 0.6 is 0 Å². The van der Waals surface area contributed by atoms with E-state index in [2.05, 4.69) is 36.3 Å². The van der Waals surface area contributed by atoms with E-state index >= 15 is 0 Å². The van der Waals surface area contributed by atoms with E-state index in [4.69, 9.17) is 0 Å². The van der Waals surface area contributed by atoms with Crippen LogP contribution in [0.1, 0.15) is 20.8 Å². The molecule has 0 N–H and O–H groups in total. The summed E-state index contributed by atoms with van der Waals surface area (Å²) in [6.45, 7) is 7.51. The minimum atomic E-state index is 0.624. The molecule has 1 atom stereocenters. The van der Waals surface area contributed by atoms with E-state index < -0.39 is 0 Å². The molecule has 4 heteroatoms. The predicted molar refractivity (Wildman–Crippen MR) is 41.8 cm³/mol. The molecule has 0 radical (unpaired) electrons. The van der Waals surface area contributed by atoms with Crippen LogP contribution in [-0.2, 0) is 6.54 Å². The van der Waals surface area contributed by atoms with Crippen LogP contribution in [-0.4, -0.2) is 20.2 Å². The van der Waals surface area contributed by atoms with Gasteiger partial charge in [-0.05, 0) is 22.3 Å². The topological polar surface area (TPSA) is 43.6 Å². The number of rotatable bonds is 3. The molecule has 0 aliphatic carbocycles. The highest BCUT2D eigenvalue weighted by molar-refractivity contribution is 4.58. The Morgan fingerprint density at radius 2 is 2.09 bits per heavy atom. The Morgan fingerprint density at radius 1 is 1.36 bits per heavy atom. The van der Waals surface area contributed by atoms with Gasteiger partial charge >= 0.3 is 0 Å². The van der Waals surface area contributed by atoms with Crippen molar-refractivity contribution in [1.29, 1.82) is 0 Å². The Bertz CT molecular complexity index is 192. The smallest absolute Gasteiger partial charge is 0.138 e. The Labute approximate surface area is 66.6 Å². The second-order valence-electron chi connectivity index (χ2n) is 3.25. The summed E-state index contributed by atoms with van der Waals surface area (Å²) < 4.78 is 1.77. The highest BCUT2D eigenvalue weighted by atomic mass is 15.5. The van der Waals surface area contributed by atoms with Crippen LogP contribution < -0.4 is 0 Å². The second-order valence-corrected chi connectivity index (χ2v) is 3.25. The van der Waals surface area contributed by atoms with Crippen LogP contribution in [0.15, 0.2) is 6.33 Å². The third kappa shape index (κ3) is 2.29. The van der Waals surface area contributed by atoms with Crippen molar-refractivity contribution < 1.29 is 0 Å². The van der Waals surface area contributed by atoms with Crippen molar-refractivity contribution in [1.82, 2.24) is 20.2 Å². The predicted octanol–water partition coefficient (Wildman–Crippen LogP) is 0.965. The lowest BCUT2D eigenvalue weighted by Gasteiger charge is -2.13. The molecule has 1 aromatic heterocycles.